The van der Waals surface area contributed by atoms with Gasteiger partial charge < -0.3 is 0 Å². The fourth-order valence-electron chi connectivity index (χ4n) is 1.27. The highest BCUT2D eigenvalue weighted by Gasteiger charge is 2.06. The topological polar surface area (TPSA) is 34.9 Å². The minimum absolute atomic E-state index is 0.0500. The molecular formula is C10H8N2OS. The van der Waals surface area contributed by atoms with Gasteiger partial charge in [0.2, 0.25) is 0 Å². The van der Waals surface area contributed by atoms with Gasteiger partial charge in [-0.3, -0.25) is 9.36 Å². The van der Waals surface area contributed by atoms with Crippen LogP contribution in [0.4, 0.5) is 0 Å². The molecule has 0 aromatic carbocycles. The molecule has 0 radical (unpaired) electrons. The lowest BCUT2D eigenvalue weighted by molar-refractivity contribution is 0.784. The van der Waals surface area contributed by atoms with E-state index in [1.807, 2.05) is 12.3 Å². The Hall–Kier alpha value is -1.60. The molecule has 2 rings (SSSR count). The molecule has 0 unspecified atom stereocenters. The zero-order chi connectivity index (χ0) is 10.1. The van der Waals surface area contributed by atoms with Crippen LogP contribution in [0.25, 0.3) is 10.2 Å². The predicted octanol–water partition coefficient (Wildman–Crippen LogP) is 1.40. The molecule has 0 saturated heterocycles. The molecule has 0 aliphatic carbocycles. The number of fused-ring (bicyclic) bond motifs is 1. The Morgan fingerprint density at radius 1 is 1.71 bits per heavy atom. The molecule has 0 spiro atoms. The van der Waals surface area contributed by atoms with E-state index in [-0.39, 0.29) is 12.1 Å². The summed E-state index contributed by atoms with van der Waals surface area (Å²) in [5.41, 5.74) is 1.77. The molecule has 0 saturated carbocycles. The molecule has 0 amide bonds. The van der Waals surface area contributed by atoms with E-state index in [4.69, 9.17) is 6.42 Å². The average Bonchev–Trinajstić information content (AvgIpc) is 2.54. The second-order valence-corrected chi connectivity index (χ2v) is 3.86. The summed E-state index contributed by atoms with van der Waals surface area (Å²) in [6.45, 7) is 2.22. The van der Waals surface area contributed by atoms with Crippen molar-refractivity contribution in [1.82, 2.24) is 9.55 Å². The molecule has 14 heavy (non-hydrogen) atoms. The molecule has 0 atom stereocenters. The number of terminal acetylenes is 1. The number of hydrogen-bond acceptors (Lipinski definition) is 3. The first kappa shape index (κ1) is 8.97. The molecule has 0 aliphatic heterocycles. The van der Waals surface area contributed by atoms with Crippen molar-refractivity contribution in [2.24, 2.45) is 0 Å². The Labute approximate surface area is 85.0 Å². The Morgan fingerprint density at radius 2 is 2.50 bits per heavy atom. The smallest absolute Gasteiger partial charge is 0.272 e. The van der Waals surface area contributed by atoms with Gasteiger partial charge in [0, 0.05) is 0 Å². The van der Waals surface area contributed by atoms with Crippen LogP contribution >= 0.6 is 11.3 Å². The minimum Gasteiger partial charge on any atom is -0.286 e. The van der Waals surface area contributed by atoms with E-state index in [2.05, 4.69) is 10.9 Å². The molecular weight excluding hydrogens is 196 g/mol. The van der Waals surface area contributed by atoms with Crippen molar-refractivity contribution >= 4 is 21.6 Å². The van der Waals surface area contributed by atoms with Gasteiger partial charge in [-0.05, 0) is 17.9 Å². The Balaban J connectivity index is 2.78. The van der Waals surface area contributed by atoms with E-state index in [0.29, 0.717) is 4.70 Å². The molecule has 2 aromatic heterocycles. The summed E-state index contributed by atoms with van der Waals surface area (Å²) in [5, 5.41) is 1.93. The largest absolute Gasteiger partial charge is 0.286 e. The van der Waals surface area contributed by atoms with Crippen LogP contribution in [0.5, 0.6) is 0 Å². The Bertz CT molecular complexity index is 574. The number of rotatable bonds is 1. The van der Waals surface area contributed by atoms with E-state index in [1.165, 1.54) is 22.2 Å². The first-order valence-corrected chi connectivity index (χ1v) is 4.98. The van der Waals surface area contributed by atoms with E-state index >= 15 is 0 Å². The minimum atomic E-state index is -0.0500. The maximum atomic E-state index is 11.8. The maximum Gasteiger partial charge on any atom is 0.272 e. The van der Waals surface area contributed by atoms with Gasteiger partial charge in [0.1, 0.15) is 4.70 Å². The number of aryl methyl sites for hydroxylation is 1. The highest BCUT2D eigenvalue weighted by Crippen LogP contribution is 2.18. The standard InChI is InChI=1S/C10H8N2OS/c1-3-4-12-6-11-8-7(2)5-14-9(8)10(12)13/h1,5-6H,4H2,2H3. The van der Waals surface area contributed by atoms with Crippen molar-refractivity contribution in [2.75, 3.05) is 0 Å². The van der Waals surface area contributed by atoms with Gasteiger partial charge in [0.05, 0.1) is 18.4 Å². The molecule has 0 bridgehead atoms. The van der Waals surface area contributed by atoms with Crippen LogP contribution in [-0.4, -0.2) is 9.55 Å². The third-order valence-electron chi connectivity index (χ3n) is 1.99. The van der Waals surface area contributed by atoms with Crippen molar-refractivity contribution in [2.45, 2.75) is 13.5 Å². The van der Waals surface area contributed by atoms with E-state index in [0.717, 1.165) is 11.1 Å². The molecule has 3 nitrogen and oxygen atoms in total. The van der Waals surface area contributed by atoms with Crippen molar-refractivity contribution in [3.63, 3.8) is 0 Å². The monoisotopic (exact) mass is 204 g/mol. The summed E-state index contributed by atoms with van der Waals surface area (Å²) < 4.78 is 2.12. The number of nitrogens with zero attached hydrogens (tertiary/aromatic N) is 2. The zero-order valence-corrected chi connectivity index (χ0v) is 8.47. The van der Waals surface area contributed by atoms with E-state index < -0.39 is 0 Å². The van der Waals surface area contributed by atoms with Gasteiger partial charge in [-0.1, -0.05) is 5.92 Å². The highest BCUT2D eigenvalue weighted by molar-refractivity contribution is 7.17. The summed E-state index contributed by atoms with van der Waals surface area (Å²) >= 11 is 1.42. The molecule has 0 N–H and O–H groups in total. The normalized spacial score (nSPS) is 10.3. The van der Waals surface area contributed by atoms with Crippen LogP contribution in [0.2, 0.25) is 0 Å². The Kier molecular flexibility index (Phi) is 2.10. The van der Waals surface area contributed by atoms with Crippen LogP contribution in [0.15, 0.2) is 16.5 Å². The summed E-state index contributed by atoms with van der Waals surface area (Å²) in [6, 6.07) is 0. The zero-order valence-electron chi connectivity index (χ0n) is 7.65. The van der Waals surface area contributed by atoms with Gasteiger partial charge in [0.25, 0.3) is 5.56 Å². The maximum absolute atomic E-state index is 11.8. The summed E-state index contributed by atoms with van der Waals surface area (Å²) in [7, 11) is 0. The van der Waals surface area contributed by atoms with Crippen molar-refractivity contribution in [3.8, 4) is 12.3 Å². The van der Waals surface area contributed by atoms with Gasteiger partial charge in [0.15, 0.2) is 0 Å². The lowest BCUT2D eigenvalue weighted by Crippen LogP contribution is -2.18. The fourth-order valence-corrected chi connectivity index (χ4v) is 2.22. The third-order valence-corrected chi connectivity index (χ3v) is 3.06. The fraction of sp³-hybridized carbons (Fsp3) is 0.200. The molecule has 0 aliphatic rings. The van der Waals surface area contributed by atoms with Crippen LogP contribution in [-0.2, 0) is 6.54 Å². The van der Waals surface area contributed by atoms with Crippen LogP contribution in [0.3, 0.4) is 0 Å². The quantitative estimate of drug-likeness (QED) is 0.658. The Morgan fingerprint density at radius 3 is 3.21 bits per heavy atom. The lowest BCUT2D eigenvalue weighted by atomic mass is 10.3. The molecule has 2 aromatic rings. The summed E-state index contributed by atoms with van der Waals surface area (Å²) in [6.07, 6.45) is 6.65. The molecule has 2 heterocycles. The summed E-state index contributed by atoms with van der Waals surface area (Å²) in [5.74, 6) is 2.42. The number of hydrogen-bond donors (Lipinski definition) is 0. The van der Waals surface area contributed by atoms with E-state index in [9.17, 15) is 4.79 Å². The van der Waals surface area contributed by atoms with Crippen molar-refractivity contribution < 1.29 is 0 Å². The SMILES string of the molecule is C#CCn1cnc2c(C)csc2c1=O. The lowest BCUT2D eigenvalue weighted by Gasteiger charge is -1.98. The summed E-state index contributed by atoms with van der Waals surface area (Å²) in [4.78, 5) is 16.0. The highest BCUT2D eigenvalue weighted by atomic mass is 32.1. The third kappa shape index (κ3) is 1.22. The molecule has 0 fully saturated rings. The number of thiophene rings is 1. The number of aromatic nitrogens is 2. The average molecular weight is 204 g/mol. The van der Waals surface area contributed by atoms with Crippen molar-refractivity contribution in [1.29, 1.82) is 0 Å². The van der Waals surface area contributed by atoms with E-state index in [1.54, 1.807) is 0 Å². The van der Waals surface area contributed by atoms with Crippen molar-refractivity contribution in [3.05, 3.63) is 27.6 Å². The molecule has 4 heteroatoms. The van der Waals surface area contributed by atoms with Crippen LogP contribution in [0.1, 0.15) is 5.56 Å². The first-order valence-electron chi connectivity index (χ1n) is 4.10. The second kappa shape index (κ2) is 3.28. The van der Waals surface area contributed by atoms with Gasteiger partial charge in [-0.2, -0.15) is 0 Å². The van der Waals surface area contributed by atoms with Crippen LogP contribution in [0, 0.1) is 19.3 Å². The van der Waals surface area contributed by atoms with Gasteiger partial charge in [-0.25, -0.2) is 4.98 Å². The molecule has 70 valence electrons. The predicted molar refractivity (Wildman–Crippen MR) is 57.5 cm³/mol. The first-order chi connectivity index (χ1) is 6.74. The second-order valence-electron chi connectivity index (χ2n) is 2.98. The van der Waals surface area contributed by atoms with Gasteiger partial charge in [-0.15, -0.1) is 17.8 Å². The van der Waals surface area contributed by atoms with Crippen LogP contribution < -0.4 is 5.56 Å². The van der Waals surface area contributed by atoms with Gasteiger partial charge >= 0.3 is 0 Å².